The first-order chi connectivity index (χ1) is 12.0. The molecule has 3 radical (unpaired) electrons. The molecule has 0 aromatic heterocycles. The molecule has 0 saturated heterocycles. The largest absolute Gasteiger partial charge is 0.493 e. The highest BCUT2D eigenvalue weighted by atomic mass is 28.1. The normalized spacial score (nSPS) is 25.4. The molecular weight excluding hydrogens is 326 g/mol. The number of likely N-dealkylation sites (N-methyl/N-ethyl adjacent to an activating group) is 1. The summed E-state index contributed by atoms with van der Waals surface area (Å²) in [7, 11) is 5.50. The maximum Gasteiger partial charge on any atom is 0.254 e. The second-order valence-corrected chi connectivity index (χ2v) is 8.08. The van der Waals surface area contributed by atoms with Crippen molar-refractivity contribution >= 4 is 26.9 Å². The molecule has 3 aliphatic rings. The smallest absolute Gasteiger partial charge is 0.254 e. The Balaban J connectivity index is 1.74. The van der Waals surface area contributed by atoms with Crippen molar-refractivity contribution in [3.05, 3.63) is 53.8 Å². The van der Waals surface area contributed by atoms with Crippen molar-refractivity contribution in [2.75, 3.05) is 13.7 Å². The molecule has 0 spiro atoms. The highest BCUT2D eigenvalue weighted by Gasteiger charge is 2.42. The van der Waals surface area contributed by atoms with Gasteiger partial charge in [0.05, 0.1) is 16.8 Å². The molecule has 1 saturated carbocycles. The minimum absolute atomic E-state index is 0.0790. The molecule has 0 bridgehead atoms. The molecule has 1 aromatic rings. The number of carbonyl (C=O) groups excluding carboxylic acids is 1. The lowest BCUT2D eigenvalue weighted by Gasteiger charge is -2.41. The number of fused-ring (bicyclic) bond motifs is 1. The minimum atomic E-state index is -0.299. The zero-order valence-corrected chi connectivity index (χ0v) is 15.7. The van der Waals surface area contributed by atoms with Gasteiger partial charge in [-0.05, 0) is 48.4 Å². The van der Waals surface area contributed by atoms with E-state index in [2.05, 4.69) is 35.4 Å². The fourth-order valence-corrected chi connectivity index (χ4v) is 3.94. The number of hydrogen-bond acceptors (Lipinski definition) is 2. The second-order valence-electron chi connectivity index (χ2n) is 7.50. The Hall–Kier alpha value is -2.07. The summed E-state index contributed by atoms with van der Waals surface area (Å²) in [5.41, 5.74) is 2.81. The number of amides is 1. The third-order valence-electron chi connectivity index (χ3n) is 5.39. The van der Waals surface area contributed by atoms with Crippen LogP contribution in [0.4, 0.5) is 0 Å². The van der Waals surface area contributed by atoms with Gasteiger partial charge in [-0.2, -0.15) is 0 Å². The molecule has 4 heteroatoms. The van der Waals surface area contributed by atoms with Crippen LogP contribution in [-0.2, 0) is 4.79 Å². The van der Waals surface area contributed by atoms with E-state index in [1.807, 2.05) is 31.5 Å². The standard InChI is InChI=1S/C21H22NO2Si/c1-21-8-4-3-5-18(21)20(23)22(2)12-19(21)15-9-16(11-17(25)10-15)24-13-14-6-7-14/h3-5,9-12,14H,6-8,13H2,1-2H3. The van der Waals surface area contributed by atoms with Crippen LogP contribution >= 0.6 is 0 Å². The Morgan fingerprint density at radius 3 is 2.84 bits per heavy atom. The summed E-state index contributed by atoms with van der Waals surface area (Å²) >= 11 is 0. The zero-order valence-electron chi connectivity index (χ0n) is 14.7. The number of allylic oxidation sites excluding steroid dienone is 4. The SMILES string of the molecule is CN1C=C(c2cc([Si])cc(OCC3CC3)c2)C2(C)CC=CC=C2C1=O. The van der Waals surface area contributed by atoms with E-state index >= 15 is 0 Å². The fourth-order valence-electron chi connectivity index (χ4n) is 3.64. The lowest BCUT2D eigenvalue weighted by Crippen LogP contribution is -2.39. The predicted octanol–water partition coefficient (Wildman–Crippen LogP) is 2.97. The van der Waals surface area contributed by atoms with Gasteiger partial charge in [0.2, 0.25) is 0 Å². The maximum absolute atomic E-state index is 12.6. The van der Waals surface area contributed by atoms with Crippen molar-refractivity contribution in [1.29, 1.82) is 0 Å². The van der Waals surface area contributed by atoms with Crippen molar-refractivity contribution in [1.82, 2.24) is 4.90 Å². The van der Waals surface area contributed by atoms with Gasteiger partial charge >= 0.3 is 0 Å². The monoisotopic (exact) mass is 348 g/mol. The molecule has 1 heterocycles. The van der Waals surface area contributed by atoms with Crippen LogP contribution in [0.2, 0.25) is 0 Å². The molecule has 25 heavy (non-hydrogen) atoms. The Bertz CT molecular complexity index is 819. The summed E-state index contributed by atoms with van der Waals surface area (Å²) in [5.74, 6) is 1.68. The molecule has 127 valence electrons. The van der Waals surface area contributed by atoms with Gasteiger partial charge < -0.3 is 9.64 Å². The van der Waals surface area contributed by atoms with Gasteiger partial charge in [-0.25, -0.2) is 0 Å². The number of rotatable bonds is 4. The van der Waals surface area contributed by atoms with E-state index < -0.39 is 0 Å². The number of hydrogen-bond donors (Lipinski definition) is 0. The highest BCUT2D eigenvalue weighted by Crippen LogP contribution is 2.49. The average Bonchev–Trinajstić information content (AvgIpc) is 3.40. The van der Waals surface area contributed by atoms with E-state index in [4.69, 9.17) is 4.74 Å². The molecule has 1 amide bonds. The van der Waals surface area contributed by atoms with E-state index in [1.54, 1.807) is 4.90 Å². The van der Waals surface area contributed by atoms with Crippen molar-refractivity contribution in [3.63, 3.8) is 0 Å². The Morgan fingerprint density at radius 2 is 2.08 bits per heavy atom. The summed E-state index contributed by atoms with van der Waals surface area (Å²) < 4.78 is 5.99. The summed E-state index contributed by atoms with van der Waals surface area (Å²) in [5, 5.41) is 0.990. The van der Waals surface area contributed by atoms with Crippen molar-refractivity contribution in [2.24, 2.45) is 11.3 Å². The average molecular weight is 348 g/mol. The van der Waals surface area contributed by atoms with E-state index in [1.165, 1.54) is 12.8 Å². The Morgan fingerprint density at radius 1 is 1.28 bits per heavy atom. The molecule has 1 aromatic carbocycles. The Labute approximate surface area is 152 Å². The van der Waals surface area contributed by atoms with Gasteiger partial charge in [0.25, 0.3) is 5.91 Å². The third kappa shape index (κ3) is 2.99. The third-order valence-corrected chi connectivity index (χ3v) is 5.68. The lowest BCUT2D eigenvalue weighted by molar-refractivity contribution is -0.125. The van der Waals surface area contributed by atoms with Crippen LogP contribution in [0.25, 0.3) is 5.57 Å². The van der Waals surface area contributed by atoms with Crippen LogP contribution in [0.3, 0.4) is 0 Å². The maximum atomic E-state index is 12.6. The highest BCUT2D eigenvalue weighted by molar-refractivity contribution is 6.32. The number of carbonyl (C=O) groups is 1. The fraction of sp³-hybridized carbons (Fsp3) is 0.381. The number of nitrogens with zero attached hydrogens (tertiary/aromatic N) is 1. The molecule has 4 rings (SSSR count). The van der Waals surface area contributed by atoms with Gasteiger partial charge in [-0.15, -0.1) is 0 Å². The predicted molar refractivity (Wildman–Crippen MR) is 101 cm³/mol. The topological polar surface area (TPSA) is 29.5 Å². The number of ether oxygens (including phenoxy) is 1. The molecule has 1 aliphatic heterocycles. The summed E-state index contributed by atoms with van der Waals surface area (Å²) in [6.45, 7) is 2.95. The first-order valence-electron chi connectivity index (χ1n) is 8.84. The first-order valence-corrected chi connectivity index (χ1v) is 9.34. The van der Waals surface area contributed by atoms with Crippen LogP contribution in [0.15, 0.2) is 48.2 Å². The molecule has 2 aliphatic carbocycles. The molecule has 0 N–H and O–H groups in total. The van der Waals surface area contributed by atoms with Gasteiger partial charge in [0.1, 0.15) is 5.75 Å². The quantitative estimate of drug-likeness (QED) is 0.783. The van der Waals surface area contributed by atoms with Crippen LogP contribution < -0.4 is 9.92 Å². The van der Waals surface area contributed by atoms with Crippen LogP contribution in [-0.4, -0.2) is 34.7 Å². The van der Waals surface area contributed by atoms with Gasteiger partial charge in [0.15, 0.2) is 0 Å². The van der Waals surface area contributed by atoms with Gasteiger partial charge in [-0.1, -0.05) is 36.4 Å². The molecular formula is C21H22NO2Si. The number of benzene rings is 1. The van der Waals surface area contributed by atoms with Gasteiger partial charge in [0, 0.05) is 24.2 Å². The lowest BCUT2D eigenvalue weighted by atomic mass is 9.67. The molecule has 3 nitrogen and oxygen atoms in total. The Kier molecular flexibility index (Phi) is 3.95. The van der Waals surface area contributed by atoms with Crippen molar-refractivity contribution in [2.45, 2.75) is 26.2 Å². The van der Waals surface area contributed by atoms with Crippen LogP contribution in [0, 0.1) is 11.3 Å². The molecule has 1 fully saturated rings. The summed E-state index contributed by atoms with van der Waals surface area (Å²) in [4.78, 5) is 14.3. The van der Waals surface area contributed by atoms with Crippen LogP contribution in [0.5, 0.6) is 5.75 Å². The van der Waals surface area contributed by atoms with Crippen LogP contribution in [0.1, 0.15) is 31.7 Å². The first kappa shape index (κ1) is 16.4. The van der Waals surface area contributed by atoms with E-state index in [9.17, 15) is 4.79 Å². The van der Waals surface area contributed by atoms with E-state index in [0.29, 0.717) is 0 Å². The summed E-state index contributed by atoms with van der Waals surface area (Å²) in [6, 6.07) is 6.22. The molecule has 1 unspecified atom stereocenters. The van der Waals surface area contributed by atoms with E-state index in [0.717, 1.165) is 46.6 Å². The van der Waals surface area contributed by atoms with Gasteiger partial charge in [-0.3, -0.25) is 4.79 Å². The minimum Gasteiger partial charge on any atom is -0.493 e. The van der Waals surface area contributed by atoms with Crippen molar-refractivity contribution in [3.8, 4) is 5.75 Å². The van der Waals surface area contributed by atoms with Crippen molar-refractivity contribution < 1.29 is 9.53 Å². The van der Waals surface area contributed by atoms with E-state index in [-0.39, 0.29) is 11.3 Å². The zero-order chi connectivity index (χ0) is 17.6. The summed E-state index contributed by atoms with van der Waals surface area (Å²) in [6.07, 6.45) is 11.4. The molecule has 1 atom stereocenters. The second kappa shape index (κ2) is 6.02.